The minimum Gasteiger partial charge on any atom is -0.384 e. The van der Waals surface area contributed by atoms with Gasteiger partial charge in [-0.3, -0.25) is 0 Å². The molecular weight excluding hydrogens is 411 g/mol. The number of ether oxygens (including phenoxy) is 2. The van der Waals surface area contributed by atoms with E-state index >= 15 is 0 Å². The minimum absolute atomic E-state index is 0. The Hall–Kier alpha value is -0.120. The van der Waals surface area contributed by atoms with Crippen molar-refractivity contribution < 1.29 is 17.9 Å². The van der Waals surface area contributed by atoms with Crippen LogP contribution in [0.2, 0.25) is 10.0 Å². The molecule has 0 saturated carbocycles. The van der Waals surface area contributed by atoms with Gasteiger partial charge in [-0.2, -0.15) is 0 Å². The van der Waals surface area contributed by atoms with E-state index in [9.17, 15) is 8.42 Å². The molecule has 1 aromatic rings. The second-order valence-corrected chi connectivity index (χ2v) is 8.29. The number of halogens is 3. The van der Waals surface area contributed by atoms with E-state index in [0.29, 0.717) is 29.7 Å². The zero-order valence-corrected chi connectivity index (χ0v) is 17.0. The van der Waals surface area contributed by atoms with Gasteiger partial charge in [-0.05, 0) is 17.7 Å². The fourth-order valence-electron chi connectivity index (χ4n) is 2.54. The van der Waals surface area contributed by atoms with Gasteiger partial charge in [0.05, 0.1) is 35.1 Å². The van der Waals surface area contributed by atoms with Crippen molar-refractivity contribution in [3.05, 3.63) is 33.8 Å². The summed E-state index contributed by atoms with van der Waals surface area (Å²) in [5, 5.41) is 4.25. The Morgan fingerprint density at radius 1 is 1.36 bits per heavy atom. The summed E-state index contributed by atoms with van der Waals surface area (Å²) in [7, 11) is -1.93. The lowest BCUT2D eigenvalue weighted by atomic mass is 9.93. The molecule has 1 heterocycles. The molecule has 1 saturated heterocycles. The highest BCUT2D eigenvalue weighted by Crippen LogP contribution is 2.29. The first-order chi connectivity index (χ1) is 11.4. The molecular formula is C15H23Cl3N2O4S. The van der Waals surface area contributed by atoms with E-state index in [1.54, 1.807) is 12.1 Å². The second kappa shape index (κ2) is 10.9. The Bertz CT molecular complexity index is 646. The van der Waals surface area contributed by atoms with Gasteiger partial charge >= 0.3 is 0 Å². The zero-order chi connectivity index (χ0) is 17.6. The fraction of sp³-hybridized carbons (Fsp3) is 0.600. The summed E-state index contributed by atoms with van der Waals surface area (Å²) in [6.07, 6.45) is -0.297. The number of sulfonamides is 1. The highest BCUT2D eigenvalue weighted by Gasteiger charge is 2.27. The first-order valence-corrected chi connectivity index (χ1v) is 10.1. The molecule has 0 aromatic heterocycles. The van der Waals surface area contributed by atoms with E-state index in [1.165, 1.54) is 7.11 Å². The van der Waals surface area contributed by atoms with Crippen molar-refractivity contribution in [3.8, 4) is 0 Å². The third-order valence-electron chi connectivity index (χ3n) is 3.86. The van der Waals surface area contributed by atoms with Gasteiger partial charge in [-0.15, -0.1) is 12.4 Å². The van der Waals surface area contributed by atoms with E-state index in [2.05, 4.69) is 10.0 Å². The number of nitrogens with one attached hydrogen (secondary N) is 2. The maximum absolute atomic E-state index is 12.0. The maximum Gasteiger partial charge on any atom is 0.213 e. The third-order valence-corrected chi connectivity index (χ3v) is 5.91. The first kappa shape index (κ1) is 22.9. The largest absolute Gasteiger partial charge is 0.384 e. The lowest BCUT2D eigenvalue weighted by Crippen LogP contribution is -2.39. The molecule has 2 N–H and O–H groups in total. The number of benzene rings is 1. The molecule has 1 aliphatic rings. The van der Waals surface area contributed by atoms with Gasteiger partial charge in [0.2, 0.25) is 10.0 Å². The Morgan fingerprint density at radius 3 is 2.80 bits per heavy atom. The fourth-order valence-corrected chi connectivity index (χ4v) is 3.79. The second-order valence-electron chi connectivity index (χ2n) is 5.55. The summed E-state index contributed by atoms with van der Waals surface area (Å²) in [5.41, 5.74) is 0.958. The quantitative estimate of drug-likeness (QED) is 0.688. The van der Waals surface area contributed by atoms with Crippen molar-refractivity contribution in [3.63, 3.8) is 0 Å². The summed E-state index contributed by atoms with van der Waals surface area (Å²) in [6, 6.07) is 5.43. The molecule has 0 bridgehead atoms. The van der Waals surface area contributed by atoms with Crippen LogP contribution >= 0.6 is 35.6 Å². The summed E-state index contributed by atoms with van der Waals surface area (Å²) in [4.78, 5) is 0. The van der Waals surface area contributed by atoms with E-state index in [4.69, 9.17) is 32.7 Å². The van der Waals surface area contributed by atoms with Crippen LogP contribution < -0.4 is 10.0 Å². The zero-order valence-electron chi connectivity index (χ0n) is 13.8. The van der Waals surface area contributed by atoms with Crippen molar-refractivity contribution >= 4 is 45.6 Å². The minimum atomic E-state index is -3.40. The van der Waals surface area contributed by atoms with E-state index in [0.717, 1.165) is 5.56 Å². The number of methoxy groups -OCH3 is 1. The molecule has 0 spiro atoms. The van der Waals surface area contributed by atoms with Gasteiger partial charge in [0.25, 0.3) is 0 Å². The molecule has 144 valence electrons. The summed E-state index contributed by atoms with van der Waals surface area (Å²) >= 11 is 12.1. The van der Waals surface area contributed by atoms with Gasteiger partial charge in [0.15, 0.2) is 0 Å². The molecule has 1 aliphatic heterocycles. The van der Waals surface area contributed by atoms with Gasteiger partial charge in [-0.25, -0.2) is 13.1 Å². The first-order valence-electron chi connectivity index (χ1n) is 7.66. The van der Waals surface area contributed by atoms with Gasteiger partial charge in [-0.1, -0.05) is 29.3 Å². The maximum atomic E-state index is 12.0. The molecule has 10 heteroatoms. The number of hydrogen-bond donors (Lipinski definition) is 2. The van der Waals surface area contributed by atoms with E-state index < -0.39 is 10.0 Å². The van der Waals surface area contributed by atoms with Crippen molar-refractivity contribution in [1.29, 1.82) is 0 Å². The van der Waals surface area contributed by atoms with Crippen LogP contribution in [0.25, 0.3) is 0 Å². The SMILES string of the molecule is COCCS(=O)(=O)NC[C@H]1OCCNC[C@H]1c1ccc(Cl)c(Cl)c1.Cl. The monoisotopic (exact) mass is 432 g/mol. The van der Waals surface area contributed by atoms with Crippen molar-refractivity contribution in [2.45, 2.75) is 12.0 Å². The van der Waals surface area contributed by atoms with Crippen molar-refractivity contribution in [2.75, 3.05) is 45.7 Å². The highest BCUT2D eigenvalue weighted by atomic mass is 35.5. The predicted molar refractivity (Wildman–Crippen MR) is 103 cm³/mol. The predicted octanol–water partition coefficient (Wildman–Crippen LogP) is 2.05. The topological polar surface area (TPSA) is 76.7 Å². The Kier molecular flexibility index (Phi) is 9.98. The summed E-state index contributed by atoms with van der Waals surface area (Å²) in [5.74, 6) is -0.112. The molecule has 0 unspecified atom stereocenters. The normalized spacial score (nSPS) is 21.4. The van der Waals surface area contributed by atoms with Gasteiger partial charge in [0.1, 0.15) is 0 Å². The average molecular weight is 434 g/mol. The van der Waals surface area contributed by atoms with Crippen LogP contribution in [0.3, 0.4) is 0 Å². The molecule has 1 fully saturated rings. The highest BCUT2D eigenvalue weighted by molar-refractivity contribution is 7.89. The summed E-state index contributed by atoms with van der Waals surface area (Å²) < 4.78 is 37.2. The summed E-state index contributed by atoms with van der Waals surface area (Å²) in [6.45, 7) is 2.24. The molecule has 6 nitrogen and oxygen atoms in total. The average Bonchev–Trinajstić information content (AvgIpc) is 2.79. The lowest BCUT2D eigenvalue weighted by Gasteiger charge is -2.25. The molecule has 1 aromatic carbocycles. The molecule has 0 aliphatic carbocycles. The molecule has 0 radical (unpaired) electrons. The van der Waals surface area contributed by atoms with Crippen LogP contribution in [0.4, 0.5) is 0 Å². The Labute approximate surface area is 165 Å². The number of hydrogen-bond acceptors (Lipinski definition) is 5. The van der Waals surface area contributed by atoms with Crippen LogP contribution in [0, 0.1) is 0 Å². The van der Waals surface area contributed by atoms with Crippen molar-refractivity contribution in [2.24, 2.45) is 0 Å². The van der Waals surface area contributed by atoms with E-state index in [-0.39, 0.29) is 43.3 Å². The number of rotatable bonds is 7. The van der Waals surface area contributed by atoms with Gasteiger partial charge in [0, 0.05) is 32.7 Å². The van der Waals surface area contributed by atoms with Crippen LogP contribution in [-0.2, 0) is 19.5 Å². The van der Waals surface area contributed by atoms with Crippen LogP contribution in [0.15, 0.2) is 18.2 Å². The van der Waals surface area contributed by atoms with E-state index in [1.807, 2.05) is 6.07 Å². The Morgan fingerprint density at radius 2 is 2.12 bits per heavy atom. The molecule has 0 amide bonds. The lowest BCUT2D eigenvalue weighted by molar-refractivity contribution is 0.0559. The smallest absolute Gasteiger partial charge is 0.213 e. The standard InChI is InChI=1S/C15H22Cl2N2O4S.ClH/c1-22-6-7-24(20,21)19-10-15-12(9-18-4-5-23-15)11-2-3-13(16)14(17)8-11;/h2-3,8,12,15,18-19H,4-7,9-10H2,1H3;1H/t12-,15+;/m0./s1. The molecule has 25 heavy (non-hydrogen) atoms. The Balaban J connectivity index is 0.00000312. The third kappa shape index (κ3) is 7.19. The molecule has 2 atom stereocenters. The van der Waals surface area contributed by atoms with Gasteiger partial charge < -0.3 is 14.8 Å². The van der Waals surface area contributed by atoms with Crippen LogP contribution in [0.5, 0.6) is 0 Å². The van der Waals surface area contributed by atoms with Crippen molar-refractivity contribution in [1.82, 2.24) is 10.0 Å². The van der Waals surface area contributed by atoms with Crippen LogP contribution in [0.1, 0.15) is 11.5 Å². The van der Waals surface area contributed by atoms with Crippen LogP contribution in [-0.4, -0.2) is 60.2 Å². The molecule has 2 rings (SSSR count).